The largest absolute Gasteiger partial charge is 0.459 e. The number of nitriles is 1. The van der Waals surface area contributed by atoms with Gasteiger partial charge in [0.1, 0.15) is 12.6 Å². The first-order valence-corrected chi connectivity index (χ1v) is 10.0. The summed E-state index contributed by atoms with van der Waals surface area (Å²) >= 11 is 7.42. The third-order valence-electron chi connectivity index (χ3n) is 3.77. The first kappa shape index (κ1) is 20.8. The molecular weight excluding hydrogens is 384 g/mol. The number of hydrogen-bond acceptors (Lipinski definition) is 5. The van der Waals surface area contributed by atoms with Crippen LogP contribution in [0.15, 0.2) is 48.5 Å². The van der Waals surface area contributed by atoms with E-state index >= 15 is 0 Å². The van der Waals surface area contributed by atoms with Gasteiger partial charge >= 0.3 is 5.97 Å². The molecule has 0 bridgehead atoms. The second-order valence-electron chi connectivity index (χ2n) is 5.73. The van der Waals surface area contributed by atoms with Gasteiger partial charge < -0.3 is 10.1 Å². The molecule has 0 unspecified atom stereocenters. The van der Waals surface area contributed by atoms with Crippen LogP contribution in [0.5, 0.6) is 0 Å². The number of amides is 1. The SMILES string of the molecule is CSCC[C@@H](NC(=O)c1ccc(Cl)cc1)C(=O)OCc1ccc(C#N)cc1. The van der Waals surface area contributed by atoms with E-state index in [0.29, 0.717) is 28.3 Å². The smallest absolute Gasteiger partial charge is 0.329 e. The number of hydrogen-bond donors (Lipinski definition) is 1. The van der Waals surface area contributed by atoms with Gasteiger partial charge in [0.25, 0.3) is 5.91 Å². The molecule has 0 saturated carbocycles. The normalized spacial score (nSPS) is 11.3. The Morgan fingerprint density at radius 2 is 1.85 bits per heavy atom. The van der Waals surface area contributed by atoms with Gasteiger partial charge in [0.2, 0.25) is 0 Å². The van der Waals surface area contributed by atoms with E-state index in [4.69, 9.17) is 21.6 Å². The van der Waals surface area contributed by atoms with E-state index in [0.717, 1.165) is 5.56 Å². The molecule has 0 spiro atoms. The van der Waals surface area contributed by atoms with Crippen LogP contribution in [0.2, 0.25) is 5.02 Å². The molecule has 0 aliphatic heterocycles. The topological polar surface area (TPSA) is 79.2 Å². The number of esters is 1. The Hall–Kier alpha value is -2.49. The minimum atomic E-state index is -0.737. The van der Waals surface area contributed by atoms with Crippen LogP contribution >= 0.6 is 23.4 Å². The van der Waals surface area contributed by atoms with Gasteiger partial charge in [-0.3, -0.25) is 4.79 Å². The number of benzene rings is 2. The maximum absolute atomic E-state index is 12.4. The van der Waals surface area contributed by atoms with E-state index in [2.05, 4.69) is 5.32 Å². The summed E-state index contributed by atoms with van der Waals surface area (Å²) in [5, 5.41) is 12.1. The van der Waals surface area contributed by atoms with Gasteiger partial charge in [-0.05, 0) is 60.4 Å². The quantitative estimate of drug-likeness (QED) is 0.679. The molecule has 1 atom stereocenters. The molecule has 2 aromatic rings. The zero-order valence-corrected chi connectivity index (χ0v) is 16.3. The zero-order valence-electron chi connectivity index (χ0n) is 14.8. The average molecular weight is 403 g/mol. The third-order valence-corrected chi connectivity index (χ3v) is 4.67. The number of carbonyl (C=O) groups excluding carboxylic acids is 2. The van der Waals surface area contributed by atoms with Crippen LogP contribution in [0, 0.1) is 11.3 Å². The molecule has 140 valence electrons. The van der Waals surface area contributed by atoms with Gasteiger partial charge in [-0.25, -0.2) is 4.79 Å². The molecule has 0 fully saturated rings. The second-order valence-corrected chi connectivity index (χ2v) is 7.15. The first-order chi connectivity index (χ1) is 13.0. The molecule has 0 aliphatic carbocycles. The van der Waals surface area contributed by atoms with E-state index in [1.54, 1.807) is 60.3 Å². The Bertz CT molecular complexity index is 817. The van der Waals surface area contributed by atoms with Crippen molar-refractivity contribution in [2.24, 2.45) is 0 Å². The van der Waals surface area contributed by atoms with E-state index in [1.165, 1.54) is 0 Å². The van der Waals surface area contributed by atoms with E-state index in [1.807, 2.05) is 12.3 Å². The lowest BCUT2D eigenvalue weighted by molar-refractivity contribution is -0.147. The fourth-order valence-corrected chi connectivity index (χ4v) is 2.86. The molecule has 0 aliphatic rings. The zero-order chi connectivity index (χ0) is 19.6. The molecule has 27 heavy (non-hydrogen) atoms. The number of ether oxygens (including phenoxy) is 1. The average Bonchev–Trinajstić information content (AvgIpc) is 2.70. The summed E-state index contributed by atoms with van der Waals surface area (Å²) in [5.74, 6) is -0.138. The fourth-order valence-electron chi connectivity index (χ4n) is 2.26. The van der Waals surface area contributed by atoms with Crippen molar-refractivity contribution in [3.63, 3.8) is 0 Å². The Balaban J connectivity index is 1.98. The Morgan fingerprint density at radius 3 is 2.44 bits per heavy atom. The lowest BCUT2D eigenvalue weighted by atomic mass is 10.1. The highest BCUT2D eigenvalue weighted by Gasteiger charge is 2.22. The highest BCUT2D eigenvalue weighted by atomic mass is 35.5. The highest BCUT2D eigenvalue weighted by molar-refractivity contribution is 7.98. The summed E-state index contributed by atoms with van der Waals surface area (Å²) in [7, 11) is 0. The summed E-state index contributed by atoms with van der Waals surface area (Å²) in [6.07, 6.45) is 2.40. The van der Waals surface area contributed by atoms with Crippen molar-refractivity contribution in [1.82, 2.24) is 5.32 Å². The number of rotatable bonds is 8. The minimum absolute atomic E-state index is 0.0805. The molecular formula is C20H19ClN2O3S. The highest BCUT2D eigenvalue weighted by Crippen LogP contribution is 2.11. The predicted molar refractivity (Wildman–Crippen MR) is 107 cm³/mol. The number of nitrogens with one attached hydrogen (secondary N) is 1. The van der Waals surface area contributed by atoms with Crippen molar-refractivity contribution in [2.75, 3.05) is 12.0 Å². The van der Waals surface area contributed by atoms with Gasteiger partial charge in [0, 0.05) is 10.6 Å². The molecule has 2 aromatic carbocycles. The van der Waals surface area contributed by atoms with Crippen LogP contribution in [-0.2, 0) is 16.1 Å². The summed E-state index contributed by atoms with van der Waals surface area (Å²) in [6, 6.07) is 14.5. The Morgan fingerprint density at radius 1 is 1.19 bits per heavy atom. The number of nitrogens with zero attached hydrogens (tertiary/aromatic N) is 1. The van der Waals surface area contributed by atoms with Gasteiger partial charge in [0.05, 0.1) is 11.6 Å². The van der Waals surface area contributed by atoms with Crippen LogP contribution in [0.4, 0.5) is 0 Å². The monoisotopic (exact) mass is 402 g/mol. The van der Waals surface area contributed by atoms with Crippen LogP contribution in [0.1, 0.15) is 27.9 Å². The van der Waals surface area contributed by atoms with Crippen molar-refractivity contribution in [3.05, 3.63) is 70.2 Å². The van der Waals surface area contributed by atoms with Crippen LogP contribution in [0.3, 0.4) is 0 Å². The van der Waals surface area contributed by atoms with Crippen molar-refractivity contribution in [2.45, 2.75) is 19.1 Å². The Labute approximate surface area is 167 Å². The van der Waals surface area contributed by atoms with Crippen molar-refractivity contribution in [3.8, 4) is 6.07 Å². The standard InChI is InChI=1S/C20H19ClN2O3S/c1-27-11-10-18(23-19(24)16-6-8-17(21)9-7-16)20(25)26-13-15-4-2-14(12-22)3-5-15/h2-9,18H,10-11,13H2,1H3,(H,23,24)/t18-/m1/s1. The van der Waals surface area contributed by atoms with Gasteiger partial charge in [-0.1, -0.05) is 23.7 Å². The molecule has 1 N–H and O–H groups in total. The Kier molecular flexibility index (Phi) is 8.18. The van der Waals surface area contributed by atoms with Crippen molar-refractivity contribution in [1.29, 1.82) is 5.26 Å². The molecule has 2 rings (SSSR count). The lowest BCUT2D eigenvalue weighted by Gasteiger charge is -2.17. The molecule has 5 nitrogen and oxygen atoms in total. The number of halogens is 1. The number of carbonyl (C=O) groups is 2. The van der Waals surface area contributed by atoms with Crippen molar-refractivity contribution >= 4 is 35.2 Å². The van der Waals surface area contributed by atoms with Crippen LogP contribution < -0.4 is 5.32 Å². The molecule has 0 saturated heterocycles. The van der Waals surface area contributed by atoms with Crippen LogP contribution in [-0.4, -0.2) is 29.9 Å². The van der Waals surface area contributed by atoms with E-state index in [-0.39, 0.29) is 12.5 Å². The van der Waals surface area contributed by atoms with E-state index in [9.17, 15) is 9.59 Å². The maximum Gasteiger partial charge on any atom is 0.329 e. The molecule has 0 radical (unpaired) electrons. The first-order valence-electron chi connectivity index (χ1n) is 8.24. The summed E-state index contributed by atoms with van der Waals surface area (Å²) < 4.78 is 5.35. The van der Waals surface area contributed by atoms with Crippen molar-refractivity contribution < 1.29 is 14.3 Å². The van der Waals surface area contributed by atoms with Crippen LogP contribution in [0.25, 0.3) is 0 Å². The lowest BCUT2D eigenvalue weighted by Crippen LogP contribution is -2.42. The minimum Gasteiger partial charge on any atom is -0.459 e. The summed E-state index contributed by atoms with van der Waals surface area (Å²) in [6.45, 7) is 0.0805. The number of thioether (sulfide) groups is 1. The maximum atomic E-state index is 12.4. The van der Waals surface area contributed by atoms with E-state index < -0.39 is 12.0 Å². The second kappa shape index (κ2) is 10.6. The summed E-state index contributed by atoms with van der Waals surface area (Å²) in [5.41, 5.74) is 1.74. The fraction of sp³-hybridized carbons (Fsp3) is 0.250. The third kappa shape index (κ3) is 6.63. The molecule has 0 aromatic heterocycles. The molecule has 1 amide bonds. The van der Waals surface area contributed by atoms with Gasteiger partial charge in [0.15, 0.2) is 0 Å². The predicted octanol–water partition coefficient (Wildman–Crippen LogP) is 3.81. The van der Waals surface area contributed by atoms with Gasteiger partial charge in [-0.2, -0.15) is 17.0 Å². The molecule has 0 heterocycles. The van der Waals surface area contributed by atoms with Gasteiger partial charge in [-0.15, -0.1) is 0 Å². The summed E-state index contributed by atoms with van der Waals surface area (Å²) in [4.78, 5) is 24.8. The molecule has 7 heteroatoms.